The first-order valence-electron chi connectivity index (χ1n) is 13.7. The van der Waals surface area contributed by atoms with Gasteiger partial charge in [-0.3, -0.25) is 9.59 Å². The third kappa shape index (κ3) is 7.32. The number of rotatable bonds is 9. The lowest BCUT2D eigenvalue weighted by Crippen LogP contribution is -2.21. The molecule has 1 heterocycles. The third-order valence-corrected chi connectivity index (χ3v) is 6.82. The molecule has 0 unspecified atom stereocenters. The third-order valence-electron chi connectivity index (χ3n) is 6.54. The maximum Gasteiger partial charge on any atom is 0.416 e. The van der Waals surface area contributed by atoms with Gasteiger partial charge in [0.1, 0.15) is 0 Å². The molecule has 230 valence electrons. The number of ether oxygens (including phenoxy) is 2. The van der Waals surface area contributed by atoms with Crippen molar-refractivity contribution in [2.24, 2.45) is 5.10 Å². The molecule has 1 amide bonds. The van der Waals surface area contributed by atoms with Gasteiger partial charge in [-0.2, -0.15) is 22.9 Å². The Morgan fingerprint density at radius 2 is 1.78 bits per heavy atom. The minimum Gasteiger partial charge on any atom is -0.490 e. The molecule has 0 atom stereocenters. The first-order valence-corrected chi connectivity index (χ1v) is 14.1. The number of para-hydroxylation sites is 1. The van der Waals surface area contributed by atoms with E-state index < -0.39 is 23.2 Å². The monoisotopic (exact) mass is 634 g/mol. The molecule has 0 aliphatic heterocycles. The number of carbonyl (C=O) groups excluding carboxylic acids is 1. The van der Waals surface area contributed by atoms with Gasteiger partial charge in [0.05, 0.1) is 34.3 Å². The average molecular weight is 635 g/mol. The second-order valence-corrected chi connectivity index (χ2v) is 10.3. The van der Waals surface area contributed by atoms with Crippen LogP contribution in [0.25, 0.3) is 22.3 Å². The van der Waals surface area contributed by atoms with Crippen LogP contribution in [0.2, 0.25) is 5.02 Å². The van der Waals surface area contributed by atoms with Gasteiger partial charge in [-0.1, -0.05) is 53.6 Å². The maximum absolute atomic E-state index is 13.5. The second-order valence-electron chi connectivity index (χ2n) is 9.86. The first kappa shape index (κ1) is 31.3. The molecule has 4 aromatic carbocycles. The van der Waals surface area contributed by atoms with Crippen molar-refractivity contribution in [3.05, 3.63) is 117 Å². The lowest BCUT2D eigenvalue weighted by Gasteiger charge is -2.15. The molecule has 0 aliphatic carbocycles. The lowest BCUT2D eigenvalue weighted by molar-refractivity contribution is -0.137. The van der Waals surface area contributed by atoms with Gasteiger partial charge in [-0.25, -0.2) is 4.98 Å². The summed E-state index contributed by atoms with van der Waals surface area (Å²) in [5, 5.41) is 7.38. The van der Waals surface area contributed by atoms with Gasteiger partial charge in [-0.05, 0) is 67.9 Å². The van der Waals surface area contributed by atoms with Crippen molar-refractivity contribution in [3.63, 3.8) is 0 Å². The summed E-state index contributed by atoms with van der Waals surface area (Å²) in [5.74, 6) is -0.148. The molecule has 1 aromatic heterocycles. The molecular weight excluding hydrogens is 609 g/mol. The molecule has 0 aliphatic rings. The molecule has 0 saturated carbocycles. The van der Waals surface area contributed by atoms with Crippen LogP contribution in [-0.4, -0.2) is 35.0 Å². The number of nitrogens with one attached hydrogen (secondary N) is 1. The van der Waals surface area contributed by atoms with E-state index in [1.54, 1.807) is 49.4 Å². The van der Waals surface area contributed by atoms with E-state index in [0.29, 0.717) is 16.8 Å². The van der Waals surface area contributed by atoms with Crippen LogP contribution in [0.15, 0.2) is 94.8 Å². The highest BCUT2D eigenvalue weighted by Crippen LogP contribution is 2.37. The number of benzene rings is 4. The standard InChI is InChI=1S/C33H26ClF3N4O4/c1-3-44-28-16-21(15-26(34)30(28)45-19-29(42)39-24-13-11-20(2)12-14-24)18-38-41-31(22-7-6-8-23(17-22)33(35,36)37)40-27-10-5-4-9-25(27)32(41)43/h4-18H,3,19H2,1-2H3,(H,39,42). The van der Waals surface area contributed by atoms with Crippen molar-refractivity contribution in [1.82, 2.24) is 9.66 Å². The zero-order valence-corrected chi connectivity index (χ0v) is 24.8. The van der Waals surface area contributed by atoms with E-state index in [4.69, 9.17) is 21.1 Å². The van der Waals surface area contributed by atoms with Crippen LogP contribution < -0.4 is 20.3 Å². The zero-order chi connectivity index (χ0) is 32.1. The minimum atomic E-state index is -4.60. The maximum atomic E-state index is 13.5. The summed E-state index contributed by atoms with van der Waals surface area (Å²) in [6, 6.07) is 21.3. The molecule has 0 saturated heterocycles. The smallest absolute Gasteiger partial charge is 0.416 e. The fourth-order valence-corrected chi connectivity index (χ4v) is 4.69. The molecule has 5 rings (SSSR count). The van der Waals surface area contributed by atoms with Crippen molar-refractivity contribution < 1.29 is 27.4 Å². The van der Waals surface area contributed by atoms with Gasteiger partial charge >= 0.3 is 6.18 Å². The quantitative estimate of drug-likeness (QED) is 0.171. The van der Waals surface area contributed by atoms with Crippen molar-refractivity contribution >= 4 is 40.3 Å². The summed E-state index contributed by atoms with van der Waals surface area (Å²) in [7, 11) is 0. The molecule has 1 N–H and O–H groups in total. The summed E-state index contributed by atoms with van der Waals surface area (Å²) in [6.45, 7) is 3.59. The van der Waals surface area contributed by atoms with Crippen LogP contribution in [0, 0.1) is 6.92 Å². The first-order chi connectivity index (χ1) is 21.5. The molecule has 8 nitrogen and oxygen atoms in total. The molecule has 0 radical (unpaired) electrons. The molecule has 0 fully saturated rings. The number of amides is 1. The number of aromatic nitrogens is 2. The van der Waals surface area contributed by atoms with Crippen molar-refractivity contribution in [2.45, 2.75) is 20.0 Å². The lowest BCUT2D eigenvalue weighted by atomic mass is 10.1. The van der Waals surface area contributed by atoms with Gasteiger partial charge in [0.25, 0.3) is 11.5 Å². The number of fused-ring (bicyclic) bond motifs is 1. The Morgan fingerprint density at radius 3 is 2.51 bits per heavy atom. The van der Waals surface area contributed by atoms with Gasteiger partial charge in [0.2, 0.25) is 0 Å². The minimum absolute atomic E-state index is 0.0468. The zero-order valence-electron chi connectivity index (χ0n) is 24.1. The SMILES string of the molecule is CCOc1cc(C=Nn2c(-c3cccc(C(F)(F)F)c3)nc3ccccc3c2=O)cc(Cl)c1OCC(=O)Nc1ccc(C)cc1. The van der Waals surface area contributed by atoms with E-state index in [2.05, 4.69) is 15.4 Å². The van der Waals surface area contributed by atoms with Gasteiger partial charge < -0.3 is 14.8 Å². The highest BCUT2D eigenvalue weighted by molar-refractivity contribution is 6.32. The average Bonchev–Trinajstić information content (AvgIpc) is 3.01. The summed E-state index contributed by atoms with van der Waals surface area (Å²) in [5.41, 5.74) is 0.917. The molecule has 0 bridgehead atoms. The number of hydrogen-bond donors (Lipinski definition) is 1. The number of nitrogens with zero attached hydrogens (tertiary/aromatic N) is 3. The number of hydrogen-bond acceptors (Lipinski definition) is 6. The summed E-state index contributed by atoms with van der Waals surface area (Å²) < 4.78 is 52.8. The molecule has 0 spiro atoms. The topological polar surface area (TPSA) is 94.8 Å². The van der Waals surface area contributed by atoms with Crippen molar-refractivity contribution in [2.75, 3.05) is 18.5 Å². The van der Waals surface area contributed by atoms with E-state index in [-0.39, 0.29) is 46.5 Å². The largest absolute Gasteiger partial charge is 0.490 e. The van der Waals surface area contributed by atoms with Gasteiger partial charge in [0.15, 0.2) is 23.9 Å². The normalized spacial score (nSPS) is 11.6. The molecular formula is C33H26ClF3N4O4. The number of anilines is 1. The Hall–Kier alpha value is -5.16. The van der Waals surface area contributed by atoms with Crippen LogP contribution in [0.1, 0.15) is 23.6 Å². The Balaban J connectivity index is 1.48. The number of aryl methyl sites for hydroxylation is 1. The van der Waals surface area contributed by atoms with E-state index in [1.165, 1.54) is 24.4 Å². The second kappa shape index (κ2) is 13.2. The fraction of sp³-hybridized carbons (Fsp3) is 0.152. The van der Waals surface area contributed by atoms with Crippen molar-refractivity contribution in [1.29, 1.82) is 0 Å². The van der Waals surface area contributed by atoms with E-state index in [0.717, 1.165) is 22.4 Å². The highest BCUT2D eigenvalue weighted by Gasteiger charge is 2.31. The van der Waals surface area contributed by atoms with E-state index in [1.807, 2.05) is 19.1 Å². The number of halogens is 4. The predicted molar refractivity (Wildman–Crippen MR) is 167 cm³/mol. The highest BCUT2D eigenvalue weighted by atomic mass is 35.5. The Morgan fingerprint density at radius 1 is 1.02 bits per heavy atom. The van der Waals surface area contributed by atoms with E-state index >= 15 is 0 Å². The molecule has 12 heteroatoms. The van der Waals surface area contributed by atoms with Crippen molar-refractivity contribution in [3.8, 4) is 22.9 Å². The number of carbonyl (C=O) groups is 1. The van der Waals surface area contributed by atoms with Gasteiger partial charge in [0, 0.05) is 11.3 Å². The Bertz CT molecular complexity index is 1960. The van der Waals surface area contributed by atoms with Crippen LogP contribution in [0.3, 0.4) is 0 Å². The number of alkyl halides is 3. The van der Waals surface area contributed by atoms with Crippen LogP contribution in [-0.2, 0) is 11.0 Å². The van der Waals surface area contributed by atoms with E-state index in [9.17, 15) is 22.8 Å². The Labute approximate surface area is 260 Å². The molecule has 45 heavy (non-hydrogen) atoms. The Kier molecular flexibility index (Phi) is 9.19. The van der Waals surface area contributed by atoms with Crippen LogP contribution >= 0.6 is 11.6 Å². The van der Waals surface area contributed by atoms with Crippen LogP contribution in [0.5, 0.6) is 11.5 Å². The fourth-order valence-electron chi connectivity index (χ4n) is 4.41. The van der Waals surface area contributed by atoms with Crippen LogP contribution in [0.4, 0.5) is 18.9 Å². The molecule has 5 aromatic rings. The predicted octanol–water partition coefficient (Wildman–Crippen LogP) is 7.34. The summed E-state index contributed by atoms with van der Waals surface area (Å²) in [4.78, 5) is 30.4. The van der Waals surface area contributed by atoms with Gasteiger partial charge in [-0.15, -0.1) is 0 Å². The summed E-state index contributed by atoms with van der Waals surface area (Å²) in [6.07, 6.45) is -3.30. The summed E-state index contributed by atoms with van der Waals surface area (Å²) >= 11 is 6.52.